The molecule has 0 aliphatic carbocycles. The van der Waals surface area contributed by atoms with Gasteiger partial charge in [-0.15, -0.1) is 0 Å². The van der Waals surface area contributed by atoms with Crippen molar-refractivity contribution in [2.24, 2.45) is 0 Å². The minimum Gasteiger partial charge on any atom is -0.478 e. The first-order valence-electron chi connectivity index (χ1n) is 17.0. The molecular formula is C35H34Cl2I6N4O18. The molecule has 22 nitrogen and oxygen atoms in total. The Balaban J connectivity index is 0.00000103. The van der Waals surface area contributed by atoms with E-state index in [1.165, 1.54) is 27.7 Å². The minimum atomic E-state index is -2.10. The summed E-state index contributed by atoms with van der Waals surface area (Å²) in [4.78, 5) is 123. The standard InChI is InChI=1S/2C15H14ClI3N2O6.C5H6O6/c2*1-5(22)26-4-7(27-6(2)23)3-21-15(25)9-10(17)8(14(16)24)11(18)13(20)12(9)19;1-2(6)11-3(4(7)8)5(9)10/h2*7H,3-4,20H2,1-2H3,(H,21,25);3H,1H3,(H,7,8)(H,9,10). The monoisotopic (exact) mass is 1630 g/mol. The number of carboxylic acid groups (broad SMARTS) is 2. The highest BCUT2D eigenvalue weighted by molar-refractivity contribution is 14.1. The van der Waals surface area contributed by atoms with Crippen LogP contribution in [0.3, 0.4) is 0 Å². The maximum atomic E-state index is 12.7. The molecular weight excluding hydrogens is 1600 g/mol. The molecule has 2 aromatic rings. The highest BCUT2D eigenvalue weighted by atomic mass is 127. The van der Waals surface area contributed by atoms with E-state index in [-0.39, 0.29) is 59.9 Å². The van der Waals surface area contributed by atoms with Gasteiger partial charge in [0.05, 0.1) is 61.0 Å². The summed E-state index contributed by atoms with van der Waals surface area (Å²) in [6, 6.07) is 0. The second kappa shape index (κ2) is 30.1. The highest BCUT2D eigenvalue weighted by Gasteiger charge is 2.30. The lowest BCUT2D eigenvalue weighted by molar-refractivity contribution is -0.173. The van der Waals surface area contributed by atoms with E-state index in [0.29, 0.717) is 21.4 Å². The van der Waals surface area contributed by atoms with E-state index < -0.39 is 82.4 Å². The molecule has 2 aromatic carbocycles. The maximum absolute atomic E-state index is 12.7. The topological polar surface area (TPSA) is 350 Å². The van der Waals surface area contributed by atoms with Crippen LogP contribution in [-0.2, 0) is 57.2 Å². The van der Waals surface area contributed by atoms with Gasteiger partial charge in [-0.3, -0.25) is 43.2 Å². The predicted molar refractivity (Wildman–Crippen MR) is 278 cm³/mol. The Morgan fingerprint density at radius 3 is 0.985 bits per heavy atom. The van der Waals surface area contributed by atoms with Gasteiger partial charge in [0.25, 0.3) is 28.4 Å². The van der Waals surface area contributed by atoms with E-state index in [0.717, 1.165) is 6.92 Å². The molecule has 0 radical (unpaired) electrons. The smallest absolute Gasteiger partial charge is 0.356 e. The lowest BCUT2D eigenvalue weighted by Crippen LogP contribution is -2.38. The quantitative estimate of drug-likeness (QED) is 0.0318. The van der Waals surface area contributed by atoms with Crippen molar-refractivity contribution in [3.63, 3.8) is 0 Å². The fraction of sp³-hybridized carbons (Fsp3) is 0.343. The highest BCUT2D eigenvalue weighted by Crippen LogP contribution is 2.36. The number of anilines is 2. The van der Waals surface area contributed by atoms with Crippen molar-refractivity contribution in [2.45, 2.75) is 52.9 Å². The lowest BCUT2D eigenvalue weighted by Gasteiger charge is -2.19. The van der Waals surface area contributed by atoms with E-state index >= 15 is 0 Å². The average molecular weight is 1630 g/mol. The number of nitrogens with two attached hydrogens (primary N) is 2. The minimum absolute atomic E-state index is 0.103. The van der Waals surface area contributed by atoms with Gasteiger partial charge in [-0.25, -0.2) is 9.59 Å². The van der Waals surface area contributed by atoms with E-state index in [9.17, 15) is 52.7 Å². The zero-order valence-electron chi connectivity index (χ0n) is 33.7. The number of hydrogen-bond acceptors (Lipinski definition) is 18. The summed E-state index contributed by atoms with van der Waals surface area (Å²) >= 11 is 22.6. The fourth-order valence-electron chi connectivity index (χ4n) is 4.23. The number of hydrogen-bond donors (Lipinski definition) is 6. The molecule has 0 fully saturated rings. The van der Waals surface area contributed by atoms with Crippen LogP contribution in [0.5, 0.6) is 0 Å². The first-order chi connectivity index (χ1) is 29.9. The summed E-state index contributed by atoms with van der Waals surface area (Å²) in [6.07, 6.45) is -3.82. The molecule has 2 unspecified atom stereocenters. The van der Waals surface area contributed by atoms with Crippen molar-refractivity contribution in [1.82, 2.24) is 10.6 Å². The molecule has 0 saturated heterocycles. The Kier molecular flexibility index (Phi) is 29.0. The van der Waals surface area contributed by atoms with Gasteiger partial charge in [-0.05, 0) is 159 Å². The van der Waals surface area contributed by atoms with Crippen molar-refractivity contribution in [1.29, 1.82) is 0 Å². The number of halogens is 8. The van der Waals surface area contributed by atoms with Crippen molar-refractivity contribution in [3.8, 4) is 0 Å². The molecule has 358 valence electrons. The van der Waals surface area contributed by atoms with Crippen LogP contribution >= 0.6 is 159 Å². The zero-order valence-corrected chi connectivity index (χ0v) is 48.1. The number of benzene rings is 2. The third kappa shape index (κ3) is 21.2. The Labute approximate surface area is 460 Å². The van der Waals surface area contributed by atoms with Crippen LogP contribution < -0.4 is 22.1 Å². The average Bonchev–Trinajstić information content (AvgIpc) is 3.17. The molecule has 0 aliphatic rings. The number of nitrogen functional groups attached to an aromatic ring is 2. The molecule has 0 spiro atoms. The lowest BCUT2D eigenvalue weighted by atomic mass is 10.1. The third-order valence-corrected chi connectivity index (χ3v) is 13.9. The summed E-state index contributed by atoms with van der Waals surface area (Å²) in [5, 5.41) is 20.0. The molecule has 0 aliphatic heterocycles. The fourth-order valence-corrected chi connectivity index (χ4v) is 13.5. The summed E-state index contributed by atoms with van der Waals surface area (Å²) in [6.45, 7) is 5.15. The van der Waals surface area contributed by atoms with Crippen LogP contribution in [0.15, 0.2) is 0 Å². The Bertz CT molecular complexity index is 2110. The van der Waals surface area contributed by atoms with Gasteiger partial charge in [-0.1, -0.05) is 0 Å². The summed E-state index contributed by atoms with van der Waals surface area (Å²) in [5.41, 5.74) is 13.2. The number of rotatable bonds is 17. The number of ether oxygens (including phenoxy) is 5. The summed E-state index contributed by atoms with van der Waals surface area (Å²) in [7, 11) is 0. The number of carbonyl (C=O) groups is 11. The van der Waals surface area contributed by atoms with Crippen molar-refractivity contribution < 1.29 is 86.6 Å². The number of carbonyl (C=O) groups excluding carboxylic acids is 9. The molecule has 2 rings (SSSR count). The van der Waals surface area contributed by atoms with E-state index in [2.05, 4.69) is 15.4 Å². The number of carboxylic acids is 2. The van der Waals surface area contributed by atoms with Gasteiger partial charge in [0.2, 0.25) is 0 Å². The molecule has 2 atom stereocenters. The van der Waals surface area contributed by atoms with Crippen LogP contribution in [0, 0.1) is 21.4 Å². The molecule has 0 heterocycles. The van der Waals surface area contributed by atoms with E-state index in [4.69, 9.17) is 63.8 Å². The third-order valence-electron chi connectivity index (χ3n) is 6.87. The Hall–Kier alpha value is -2.43. The molecule has 8 N–H and O–H groups in total. The van der Waals surface area contributed by atoms with Crippen molar-refractivity contribution in [2.75, 3.05) is 37.8 Å². The van der Waals surface area contributed by atoms with Gasteiger partial charge in [0, 0.05) is 41.8 Å². The van der Waals surface area contributed by atoms with E-state index in [1.54, 1.807) is 0 Å². The van der Waals surface area contributed by atoms with Crippen LogP contribution in [0.1, 0.15) is 76.1 Å². The largest absolute Gasteiger partial charge is 0.478 e. The number of amides is 2. The first-order valence-corrected chi connectivity index (χ1v) is 24.2. The molecule has 0 aromatic heterocycles. The summed E-state index contributed by atoms with van der Waals surface area (Å²) < 4.78 is 26.2. The van der Waals surface area contributed by atoms with Crippen molar-refractivity contribution >= 4 is 234 Å². The van der Waals surface area contributed by atoms with Gasteiger partial charge >= 0.3 is 41.8 Å². The number of esters is 5. The van der Waals surface area contributed by atoms with Gasteiger partial charge in [0.15, 0.2) is 12.2 Å². The van der Waals surface area contributed by atoms with Gasteiger partial charge < -0.3 is 56.0 Å². The van der Waals surface area contributed by atoms with Crippen molar-refractivity contribution in [3.05, 3.63) is 43.7 Å². The molecule has 65 heavy (non-hydrogen) atoms. The SMILES string of the molecule is CC(=O)OC(C(=O)O)C(=O)O.CC(=O)OCC(CNC(=O)c1c(I)c(N)c(I)c(C(=O)Cl)c1I)OC(C)=O.CC(=O)OCC(CNC(=O)c1c(I)c(N)c(I)c(C(=O)Cl)c1I)OC(C)=O. The van der Waals surface area contributed by atoms with E-state index in [1.807, 2.05) is 136 Å². The molecule has 2 amide bonds. The normalized spacial score (nSPS) is 11.1. The van der Waals surface area contributed by atoms with Gasteiger partial charge in [0.1, 0.15) is 13.2 Å². The Morgan fingerprint density at radius 1 is 0.492 bits per heavy atom. The second-order valence-corrected chi connectivity index (χ2v) is 19.1. The second-order valence-electron chi connectivity index (χ2n) is 11.9. The van der Waals surface area contributed by atoms with Crippen LogP contribution in [-0.4, -0.2) is 119 Å². The first kappa shape index (κ1) is 62.6. The maximum Gasteiger partial charge on any atom is 0.356 e. The molecule has 0 saturated carbocycles. The van der Waals surface area contributed by atoms with Gasteiger partial charge in [-0.2, -0.15) is 0 Å². The number of aliphatic carboxylic acids is 2. The molecule has 30 heteroatoms. The number of nitrogens with one attached hydrogen (secondary N) is 2. The Morgan fingerprint density at radius 2 is 0.769 bits per heavy atom. The zero-order chi connectivity index (χ0) is 50.8. The summed E-state index contributed by atoms with van der Waals surface area (Å²) in [5.74, 6) is -7.67. The van der Waals surface area contributed by atoms with Crippen LogP contribution in [0.2, 0.25) is 0 Å². The van der Waals surface area contributed by atoms with Crippen LogP contribution in [0.25, 0.3) is 0 Å². The van der Waals surface area contributed by atoms with Crippen LogP contribution in [0.4, 0.5) is 11.4 Å². The molecule has 0 bridgehead atoms. The predicted octanol–water partition coefficient (Wildman–Crippen LogP) is 4.46.